The zero-order valence-electron chi connectivity index (χ0n) is 19.8. The van der Waals surface area contributed by atoms with E-state index in [1.807, 2.05) is 19.1 Å². The van der Waals surface area contributed by atoms with E-state index in [1.165, 1.54) is 7.11 Å². The molecule has 1 aliphatic carbocycles. The summed E-state index contributed by atoms with van der Waals surface area (Å²) >= 11 is 0. The number of carbonyl (C=O) groups is 1. The van der Waals surface area contributed by atoms with Gasteiger partial charge in [-0.05, 0) is 54.7 Å². The van der Waals surface area contributed by atoms with E-state index in [2.05, 4.69) is 0 Å². The summed E-state index contributed by atoms with van der Waals surface area (Å²) in [4.78, 5) is 26.8. The minimum Gasteiger partial charge on any atom is -0.493 e. The Bertz CT molecular complexity index is 1080. The largest absolute Gasteiger partial charge is 0.493 e. The second kappa shape index (κ2) is 9.51. The van der Waals surface area contributed by atoms with Crippen LogP contribution >= 0.6 is 0 Å². The van der Waals surface area contributed by atoms with Gasteiger partial charge in [-0.3, -0.25) is 9.59 Å². The van der Waals surface area contributed by atoms with Crippen molar-refractivity contribution in [2.24, 2.45) is 0 Å². The van der Waals surface area contributed by atoms with Crippen molar-refractivity contribution < 1.29 is 23.7 Å². The molecule has 0 saturated heterocycles. The van der Waals surface area contributed by atoms with Gasteiger partial charge in [-0.15, -0.1) is 0 Å². The summed E-state index contributed by atoms with van der Waals surface area (Å²) in [6.07, 6.45) is 1.46. The Morgan fingerprint density at radius 1 is 1.00 bits per heavy atom. The molecule has 0 aliphatic heterocycles. The predicted octanol–water partition coefficient (Wildman–Crippen LogP) is 3.64. The van der Waals surface area contributed by atoms with E-state index >= 15 is 0 Å². The van der Waals surface area contributed by atoms with Gasteiger partial charge in [0.05, 0.1) is 28.4 Å². The maximum absolute atomic E-state index is 12.9. The molecule has 0 spiro atoms. The normalized spacial score (nSPS) is 15.5. The molecule has 2 atom stereocenters. The molecule has 0 N–H and O–H groups in total. The Balaban J connectivity index is 2.40. The lowest BCUT2D eigenvalue weighted by Gasteiger charge is -2.31. The van der Waals surface area contributed by atoms with E-state index in [4.69, 9.17) is 18.9 Å². The van der Waals surface area contributed by atoms with Crippen molar-refractivity contribution in [3.63, 3.8) is 0 Å². The molecule has 3 rings (SSSR count). The molecule has 1 aliphatic rings. The van der Waals surface area contributed by atoms with Crippen LogP contribution in [-0.2, 0) is 11.2 Å². The van der Waals surface area contributed by atoms with Crippen LogP contribution < -0.4 is 24.4 Å². The van der Waals surface area contributed by atoms with Crippen molar-refractivity contribution >= 4 is 5.91 Å². The Labute approximate surface area is 188 Å². The van der Waals surface area contributed by atoms with E-state index in [9.17, 15) is 9.59 Å². The fraction of sp³-hybridized carbons (Fsp3) is 0.440. The summed E-state index contributed by atoms with van der Waals surface area (Å²) in [5.41, 5.74) is 3.38. The maximum Gasteiger partial charge on any atom is 0.220 e. The molecule has 1 unspecified atom stereocenters. The van der Waals surface area contributed by atoms with E-state index in [1.54, 1.807) is 52.3 Å². The van der Waals surface area contributed by atoms with Crippen molar-refractivity contribution in [2.75, 3.05) is 35.5 Å². The number of hydrogen-bond acceptors (Lipinski definition) is 6. The Kier molecular flexibility index (Phi) is 6.96. The number of hydrogen-bond donors (Lipinski definition) is 0. The first-order chi connectivity index (χ1) is 15.3. The molecule has 0 aromatic heterocycles. The zero-order chi connectivity index (χ0) is 23.6. The molecule has 7 nitrogen and oxygen atoms in total. The van der Waals surface area contributed by atoms with Gasteiger partial charge in [0, 0.05) is 31.5 Å². The van der Waals surface area contributed by atoms with Crippen molar-refractivity contribution in [3.05, 3.63) is 45.6 Å². The Morgan fingerprint density at radius 2 is 1.66 bits per heavy atom. The lowest BCUT2D eigenvalue weighted by Crippen LogP contribution is -2.37. The van der Waals surface area contributed by atoms with Crippen LogP contribution in [0.1, 0.15) is 37.3 Å². The van der Waals surface area contributed by atoms with Crippen LogP contribution in [0.25, 0.3) is 11.1 Å². The van der Waals surface area contributed by atoms with Crippen LogP contribution in [0.2, 0.25) is 0 Å². The Morgan fingerprint density at radius 3 is 2.22 bits per heavy atom. The number of nitrogens with zero attached hydrogens (tertiary/aromatic N) is 1. The van der Waals surface area contributed by atoms with Crippen LogP contribution in [-0.4, -0.2) is 52.3 Å². The smallest absolute Gasteiger partial charge is 0.220 e. The summed E-state index contributed by atoms with van der Waals surface area (Å²) in [6, 6.07) is 7.05. The second-order valence-electron chi connectivity index (χ2n) is 7.97. The quantitative estimate of drug-likeness (QED) is 0.681. The van der Waals surface area contributed by atoms with Gasteiger partial charge in [0.15, 0.2) is 17.2 Å². The number of likely N-dealkylation sites (N-methyl/N-ethyl adjacent to an activating group) is 1. The van der Waals surface area contributed by atoms with Gasteiger partial charge in [-0.2, -0.15) is 0 Å². The number of rotatable bonds is 6. The standard InChI is InChI=1S/C25H31NO6/c1-14(26(3)15(2)27)17-9-8-16-12-22(30-5)24(31-6)25(32-7)23(16)18-10-11-21(29-4)20(28)13-19(17)18/h10-14,17H,8-9H2,1-7H3/t14?,17-/m1/s1. The van der Waals surface area contributed by atoms with Crippen LogP contribution in [0.3, 0.4) is 0 Å². The molecular weight excluding hydrogens is 410 g/mol. The number of ether oxygens (including phenoxy) is 4. The van der Waals surface area contributed by atoms with Crippen LogP contribution in [0, 0.1) is 0 Å². The number of fused-ring (bicyclic) bond motifs is 3. The van der Waals surface area contributed by atoms with Gasteiger partial charge in [-0.1, -0.05) is 6.07 Å². The average molecular weight is 442 g/mol. The average Bonchev–Trinajstić information content (AvgIpc) is 3.04. The minimum atomic E-state index is -0.209. The lowest BCUT2D eigenvalue weighted by molar-refractivity contribution is -0.129. The minimum absolute atomic E-state index is 0.0260. The van der Waals surface area contributed by atoms with Gasteiger partial charge < -0.3 is 23.8 Å². The summed E-state index contributed by atoms with van der Waals surface area (Å²) in [7, 11) is 8.03. The van der Waals surface area contributed by atoms with E-state index in [0.717, 1.165) is 35.1 Å². The zero-order valence-corrected chi connectivity index (χ0v) is 19.8. The molecule has 0 bridgehead atoms. The van der Waals surface area contributed by atoms with Gasteiger partial charge in [0.25, 0.3) is 0 Å². The first-order valence-electron chi connectivity index (χ1n) is 10.6. The second-order valence-corrected chi connectivity index (χ2v) is 7.97. The highest BCUT2D eigenvalue weighted by atomic mass is 16.5. The SMILES string of the molecule is COc1cc2c(c(OC)c1OC)-c1ccc(OC)c(=O)cc1[C@@H](C(C)N(C)C(C)=O)CC2. The van der Waals surface area contributed by atoms with Crippen LogP contribution in [0.4, 0.5) is 0 Å². The Hall–Kier alpha value is -3.22. The van der Waals surface area contributed by atoms with Crippen molar-refractivity contribution in [1.82, 2.24) is 4.90 Å². The molecule has 0 heterocycles. The van der Waals surface area contributed by atoms with Crippen LogP contribution in [0.5, 0.6) is 23.0 Å². The molecule has 32 heavy (non-hydrogen) atoms. The topological polar surface area (TPSA) is 74.3 Å². The van der Waals surface area contributed by atoms with Crippen LogP contribution in [0.15, 0.2) is 29.1 Å². The highest BCUT2D eigenvalue weighted by molar-refractivity contribution is 5.83. The number of amides is 1. The third-order valence-electron chi connectivity index (χ3n) is 6.46. The van der Waals surface area contributed by atoms with Gasteiger partial charge in [-0.25, -0.2) is 0 Å². The molecule has 2 aromatic rings. The molecule has 0 saturated carbocycles. The highest BCUT2D eigenvalue weighted by Crippen LogP contribution is 2.51. The number of benzene rings is 1. The fourth-order valence-electron chi connectivity index (χ4n) is 4.55. The number of methoxy groups -OCH3 is 4. The molecule has 172 valence electrons. The third kappa shape index (κ3) is 3.99. The first-order valence-corrected chi connectivity index (χ1v) is 10.6. The molecule has 2 aromatic carbocycles. The van der Waals surface area contributed by atoms with Gasteiger partial charge >= 0.3 is 0 Å². The maximum atomic E-state index is 12.9. The molecule has 1 amide bonds. The van der Waals surface area contributed by atoms with E-state index < -0.39 is 0 Å². The monoisotopic (exact) mass is 441 g/mol. The third-order valence-corrected chi connectivity index (χ3v) is 6.46. The summed E-state index contributed by atoms with van der Waals surface area (Å²) in [6.45, 7) is 3.56. The summed E-state index contributed by atoms with van der Waals surface area (Å²) < 4.78 is 22.3. The predicted molar refractivity (Wildman–Crippen MR) is 123 cm³/mol. The summed E-state index contributed by atoms with van der Waals surface area (Å²) in [5, 5.41) is 0. The van der Waals surface area contributed by atoms with Gasteiger partial charge in [0.1, 0.15) is 0 Å². The molecule has 7 heteroatoms. The lowest BCUT2D eigenvalue weighted by atomic mass is 9.86. The first kappa shape index (κ1) is 23.4. The molecule has 0 radical (unpaired) electrons. The van der Waals surface area contributed by atoms with Crippen molar-refractivity contribution in [1.29, 1.82) is 0 Å². The molecule has 0 fully saturated rings. The highest BCUT2D eigenvalue weighted by Gasteiger charge is 2.33. The molecular formula is C25H31NO6. The number of carbonyl (C=O) groups excluding carboxylic acids is 1. The fourth-order valence-corrected chi connectivity index (χ4v) is 4.55. The van der Waals surface area contributed by atoms with E-state index in [0.29, 0.717) is 17.2 Å². The van der Waals surface area contributed by atoms with Crippen molar-refractivity contribution in [2.45, 2.75) is 38.6 Å². The van der Waals surface area contributed by atoms with E-state index in [-0.39, 0.29) is 29.0 Å². The number of aryl methyl sites for hydroxylation is 1. The van der Waals surface area contributed by atoms with Gasteiger partial charge in [0.2, 0.25) is 17.1 Å². The van der Waals surface area contributed by atoms with Crippen molar-refractivity contribution in [3.8, 4) is 34.1 Å². The summed E-state index contributed by atoms with van der Waals surface area (Å²) in [5.74, 6) is 1.78.